The lowest BCUT2D eigenvalue weighted by atomic mass is 9.89. The van der Waals surface area contributed by atoms with Crippen molar-refractivity contribution >= 4 is 22.6 Å². The van der Waals surface area contributed by atoms with E-state index in [4.69, 9.17) is 5.73 Å². The molecular weight excluding hydrogens is 304 g/mol. The first-order valence-corrected chi connectivity index (χ1v) is 7.52. The molecule has 0 aliphatic rings. The van der Waals surface area contributed by atoms with Gasteiger partial charge in [-0.2, -0.15) is 0 Å². The second-order valence-corrected chi connectivity index (χ2v) is 5.55. The summed E-state index contributed by atoms with van der Waals surface area (Å²) in [5.41, 5.74) is 6.80. The number of hydrogen-bond acceptors (Lipinski definition) is 3. The Hall–Kier alpha value is -3.21. The zero-order valence-corrected chi connectivity index (χ0v) is 12.8. The van der Waals surface area contributed by atoms with Crippen molar-refractivity contribution in [1.82, 2.24) is 4.98 Å². The highest BCUT2D eigenvalue weighted by Gasteiger charge is 2.22. The van der Waals surface area contributed by atoms with Crippen molar-refractivity contribution in [3.8, 4) is 0 Å². The summed E-state index contributed by atoms with van der Waals surface area (Å²) in [7, 11) is 0. The second-order valence-electron chi connectivity index (χ2n) is 5.55. The Morgan fingerprint density at radius 3 is 2.38 bits per heavy atom. The smallest absolute Gasteiger partial charge is 0.354 e. The molecule has 0 saturated carbocycles. The number of pyridine rings is 1. The van der Waals surface area contributed by atoms with E-state index >= 15 is 0 Å². The van der Waals surface area contributed by atoms with Crippen LogP contribution in [-0.2, 0) is 4.79 Å². The Morgan fingerprint density at radius 1 is 1.04 bits per heavy atom. The lowest BCUT2D eigenvalue weighted by molar-refractivity contribution is -0.118. The molecule has 3 rings (SSSR count). The normalized spacial score (nSPS) is 12.0. The highest BCUT2D eigenvalue weighted by Crippen LogP contribution is 2.32. The van der Waals surface area contributed by atoms with Crippen LogP contribution in [-0.4, -0.2) is 22.0 Å². The van der Waals surface area contributed by atoms with E-state index in [1.165, 1.54) is 6.07 Å². The molecule has 120 valence electrons. The second kappa shape index (κ2) is 6.50. The number of nitrogens with zero attached hydrogens (tertiary/aromatic N) is 1. The molecule has 1 amide bonds. The monoisotopic (exact) mass is 320 g/mol. The lowest BCUT2D eigenvalue weighted by Gasteiger charge is -2.18. The number of fused-ring (bicyclic) bond motifs is 1. The summed E-state index contributed by atoms with van der Waals surface area (Å²) in [5, 5.41) is 10.9. The molecule has 1 heterocycles. The number of nitrogens with two attached hydrogens (primary N) is 1. The number of benzene rings is 2. The van der Waals surface area contributed by atoms with E-state index in [-0.39, 0.29) is 12.1 Å². The average molecular weight is 320 g/mol. The minimum absolute atomic E-state index is 0.0471. The molecule has 3 N–H and O–H groups in total. The number of aromatic nitrogens is 1. The summed E-state index contributed by atoms with van der Waals surface area (Å²) in [6.45, 7) is 0. The summed E-state index contributed by atoms with van der Waals surface area (Å²) in [4.78, 5) is 27.3. The van der Waals surface area contributed by atoms with E-state index in [1.54, 1.807) is 0 Å². The van der Waals surface area contributed by atoms with Crippen molar-refractivity contribution in [2.75, 3.05) is 0 Å². The van der Waals surface area contributed by atoms with Gasteiger partial charge in [0, 0.05) is 17.7 Å². The highest BCUT2D eigenvalue weighted by molar-refractivity contribution is 5.94. The van der Waals surface area contributed by atoms with Gasteiger partial charge in [0.1, 0.15) is 5.69 Å². The minimum atomic E-state index is -1.10. The Labute approximate surface area is 138 Å². The lowest BCUT2D eigenvalue weighted by Crippen LogP contribution is -2.18. The average Bonchev–Trinajstić information content (AvgIpc) is 2.59. The fourth-order valence-electron chi connectivity index (χ4n) is 2.86. The molecule has 0 saturated heterocycles. The van der Waals surface area contributed by atoms with E-state index in [0.717, 1.165) is 16.3 Å². The van der Waals surface area contributed by atoms with Crippen LogP contribution in [0.1, 0.15) is 34.1 Å². The Balaban J connectivity index is 2.26. The van der Waals surface area contributed by atoms with Crippen LogP contribution >= 0.6 is 0 Å². The third-order valence-electron chi connectivity index (χ3n) is 3.93. The molecule has 0 fully saturated rings. The number of carboxylic acid groups (broad SMARTS) is 1. The van der Waals surface area contributed by atoms with Gasteiger partial charge in [-0.25, -0.2) is 9.78 Å². The van der Waals surface area contributed by atoms with E-state index in [1.807, 2.05) is 54.6 Å². The van der Waals surface area contributed by atoms with E-state index < -0.39 is 17.8 Å². The molecular formula is C19H16N2O3. The highest BCUT2D eigenvalue weighted by atomic mass is 16.4. The third-order valence-corrected chi connectivity index (χ3v) is 3.93. The van der Waals surface area contributed by atoms with Crippen molar-refractivity contribution in [3.63, 3.8) is 0 Å². The van der Waals surface area contributed by atoms with Gasteiger partial charge < -0.3 is 10.8 Å². The molecule has 0 bridgehead atoms. The first-order chi connectivity index (χ1) is 11.6. The number of primary amides is 1. The maximum atomic E-state index is 11.6. The van der Waals surface area contributed by atoms with Gasteiger partial charge in [0.15, 0.2) is 0 Å². The van der Waals surface area contributed by atoms with Crippen LogP contribution < -0.4 is 5.73 Å². The van der Waals surface area contributed by atoms with Gasteiger partial charge in [0.2, 0.25) is 5.91 Å². The van der Waals surface area contributed by atoms with Crippen LogP contribution in [0.5, 0.6) is 0 Å². The zero-order valence-electron chi connectivity index (χ0n) is 12.8. The summed E-state index contributed by atoms with van der Waals surface area (Å²) >= 11 is 0. The molecule has 5 nitrogen and oxygen atoms in total. The van der Waals surface area contributed by atoms with Crippen LogP contribution in [0.2, 0.25) is 0 Å². The van der Waals surface area contributed by atoms with Crippen LogP contribution in [0.15, 0.2) is 60.7 Å². The van der Waals surface area contributed by atoms with Crippen molar-refractivity contribution in [2.45, 2.75) is 12.3 Å². The van der Waals surface area contributed by atoms with E-state index in [2.05, 4.69) is 4.98 Å². The van der Waals surface area contributed by atoms with Gasteiger partial charge in [0.25, 0.3) is 0 Å². The topological polar surface area (TPSA) is 93.3 Å². The quantitative estimate of drug-likeness (QED) is 0.756. The maximum Gasteiger partial charge on any atom is 0.354 e. The van der Waals surface area contributed by atoms with Crippen molar-refractivity contribution in [2.24, 2.45) is 5.73 Å². The fourth-order valence-corrected chi connectivity index (χ4v) is 2.86. The van der Waals surface area contributed by atoms with E-state index in [0.29, 0.717) is 5.69 Å². The standard InChI is InChI=1S/C19H16N2O3/c20-17(22)11-15(12-6-2-1-3-7-12)18-14-9-5-4-8-13(14)10-16(21-18)19(23)24/h1-10,15H,11H2,(H2,20,22)(H,23,24). The van der Waals surface area contributed by atoms with Gasteiger partial charge in [-0.3, -0.25) is 4.79 Å². The molecule has 3 aromatic rings. The molecule has 24 heavy (non-hydrogen) atoms. The largest absolute Gasteiger partial charge is 0.477 e. The number of carbonyl (C=O) groups excluding carboxylic acids is 1. The summed E-state index contributed by atoms with van der Waals surface area (Å²) in [5.74, 6) is -1.96. The number of carboxylic acids is 1. The molecule has 1 aromatic heterocycles. The van der Waals surface area contributed by atoms with Gasteiger partial charge >= 0.3 is 5.97 Å². The molecule has 5 heteroatoms. The molecule has 1 unspecified atom stereocenters. The van der Waals surface area contributed by atoms with Gasteiger partial charge in [-0.05, 0) is 17.0 Å². The van der Waals surface area contributed by atoms with Gasteiger partial charge in [-0.15, -0.1) is 0 Å². The number of carbonyl (C=O) groups is 2. The summed E-state index contributed by atoms with van der Waals surface area (Å²) in [6.07, 6.45) is 0.0596. The molecule has 0 aliphatic heterocycles. The Kier molecular flexibility index (Phi) is 4.24. The number of hydrogen-bond donors (Lipinski definition) is 2. The summed E-state index contributed by atoms with van der Waals surface area (Å²) in [6, 6.07) is 18.3. The predicted molar refractivity (Wildman–Crippen MR) is 90.8 cm³/mol. The first kappa shape index (κ1) is 15.7. The third kappa shape index (κ3) is 3.10. The SMILES string of the molecule is NC(=O)CC(c1ccccc1)c1nc(C(=O)O)cc2ccccc12. The minimum Gasteiger partial charge on any atom is -0.477 e. The maximum absolute atomic E-state index is 11.6. The van der Waals surface area contributed by atoms with Crippen molar-refractivity contribution in [3.05, 3.63) is 77.6 Å². The molecule has 0 radical (unpaired) electrons. The number of amides is 1. The zero-order chi connectivity index (χ0) is 17.1. The van der Waals surface area contributed by atoms with E-state index in [9.17, 15) is 14.7 Å². The Bertz CT molecular complexity index is 907. The molecule has 0 spiro atoms. The van der Waals surface area contributed by atoms with Crippen molar-refractivity contribution < 1.29 is 14.7 Å². The first-order valence-electron chi connectivity index (χ1n) is 7.52. The van der Waals surface area contributed by atoms with Crippen molar-refractivity contribution in [1.29, 1.82) is 0 Å². The van der Waals surface area contributed by atoms with Gasteiger partial charge in [-0.1, -0.05) is 54.6 Å². The molecule has 1 atom stereocenters. The van der Waals surface area contributed by atoms with Crippen LogP contribution in [0.25, 0.3) is 10.8 Å². The number of aromatic carboxylic acids is 1. The molecule has 2 aromatic carbocycles. The van der Waals surface area contributed by atoms with Gasteiger partial charge in [0.05, 0.1) is 5.69 Å². The Morgan fingerprint density at radius 2 is 1.71 bits per heavy atom. The summed E-state index contributed by atoms with van der Waals surface area (Å²) < 4.78 is 0. The fraction of sp³-hybridized carbons (Fsp3) is 0.105. The molecule has 0 aliphatic carbocycles. The van der Waals surface area contributed by atoms with Crippen LogP contribution in [0.3, 0.4) is 0 Å². The van der Waals surface area contributed by atoms with Crippen LogP contribution in [0.4, 0.5) is 0 Å². The predicted octanol–water partition coefficient (Wildman–Crippen LogP) is 2.94. The van der Waals surface area contributed by atoms with Crippen LogP contribution in [0, 0.1) is 0 Å². The number of rotatable bonds is 5.